The van der Waals surface area contributed by atoms with Gasteiger partial charge < -0.3 is 10.1 Å². The lowest BCUT2D eigenvalue weighted by Crippen LogP contribution is -2.51. The minimum Gasteiger partial charge on any atom is -0.489 e. The first-order valence-corrected chi connectivity index (χ1v) is 9.41. The van der Waals surface area contributed by atoms with Crippen LogP contribution < -0.4 is 10.1 Å². The summed E-state index contributed by atoms with van der Waals surface area (Å²) in [5.74, 6) is 0.918. The number of halogens is 1. The number of nitrogens with zero attached hydrogens (tertiary/aromatic N) is 1. The van der Waals surface area contributed by atoms with Gasteiger partial charge in [0.2, 0.25) is 0 Å². The first kappa shape index (κ1) is 17.5. The molecule has 1 fully saturated rings. The maximum atomic E-state index is 6.10. The van der Waals surface area contributed by atoms with Gasteiger partial charge in [-0.1, -0.05) is 42.5 Å². The zero-order valence-electron chi connectivity index (χ0n) is 14.1. The van der Waals surface area contributed by atoms with Gasteiger partial charge in [-0.05, 0) is 40.5 Å². The van der Waals surface area contributed by atoms with E-state index in [-0.39, 0.29) is 6.10 Å². The summed E-state index contributed by atoms with van der Waals surface area (Å²) in [4.78, 5) is 2.53. The highest BCUT2D eigenvalue weighted by Crippen LogP contribution is 2.25. The highest BCUT2D eigenvalue weighted by molar-refractivity contribution is 9.10. The fourth-order valence-corrected chi connectivity index (χ4v) is 3.62. The quantitative estimate of drug-likeness (QED) is 0.806. The van der Waals surface area contributed by atoms with Crippen LogP contribution >= 0.6 is 15.9 Å². The average Bonchev–Trinajstić information content (AvgIpc) is 2.58. The van der Waals surface area contributed by atoms with Crippen molar-refractivity contribution in [1.29, 1.82) is 0 Å². The topological polar surface area (TPSA) is 24.5 Å². The second-order valence-corrected chi connectivity index (χ2v) is 7.32. The molecule has 128 valence electrons. The summed E-state index contributed by atoms with van der Waals surface area (Å²) in [5.41, 5.74) is 1.38. The molecule has 1 heterocycles. The molecule has 1 N–H and O–H groups in total. The number of nitrogens with one attached hydrogen (secondary N) is 1. The standard InChI is InChI=1S/C20H25BrN2O/c1-16(24-20-10-6-5-9-19(20)21)13-18-15-23(12-11-22-18)14-17-7-3-2-4-8-17/h2-10,16,18,22H,11-15H2,1H3/t16-,18+/m1/s1. The molecule has 0 bridgehead atoms. The van der Waals surface area contributed by atoms with E-state index < -0.39 is 0 Å². The van der Waals surface area contributed by atoms with Crippen LogP contribution in [0.4, 0.5) is 0 Å². The van der Waals surface area contributed by atoms with E-state index in [1.165, 1.54) is 5.56 Å². The zero-order valence-corrected chi connectivity index (χ0v) is 15.7. The molecule has 1 aliphatic heterocycles. The lowest BCUT2D eigenvalue weighted by Gasteiger charge is -2.35. The van der Waals surface area contributed by atoms with Gasteiger partial charge in [0.25, 0.3) is 0 Å². The van der Waals surface area contributed by atoms with Crippen molar-refractivity contribution in [2.45, 2.75) is 32.0 Å². The van der Waals surface area contributed by atoms with E-state index in [0.717, 1.165) is 42.8 Å². The van der Waals surface area contributed by atoms with Crippen molar-refractivity contribution >= 4 is 15.9 Å². The third-order valence-electron chi connectivity index (χ3n) is 4.37. The Bertz CT molecular complexity index is 635. The van der Waals surface area contributed by atoms with Crippen LogP contribution in [-0.4, -0.2) is 36.7 Å². The van der Waals surface area contributed by atoms with E-state index in [0.29, 0.717) is 6.04 Å². The summed E-state index contributed by atoms with van der Waals surface area (Å²) in [6.07, 6.45) is 1.19. The van der Waals surface area contributed by atoms with Crippen molar-refractivity contribution in [2.75, 3.05) is 19.6 Å². The number of piperazine rings is 1. The molecule has 2 aromatic rings. The summed E-state index contributed by atoms with van der Waals surface area (Å²) in [6, 6.07) is 19.2. The largest absolute Gasteiger partial charge is 0.489 e. The van der Waals surface area contributed by atoms with E-state index >= 15 is 0 Å². The van der Waals surface area contributed by atoms with Gasteiger partial charge in [0, 0.05) is 38.6 Å². The van der Waals surface area contributed by atoms with Crippen LogP contribution in [0.5, 0.6) is 5.75 Å². The Hall–Kier alpha value is -1.36. The molecule has 24 heavy (non-hydrogen) atoms. The average molecular weight is 389 g/mol. The first-order chi connectivity index (χ1) is 11.7. The van der Waals surface area contributed by atoms with Crippen molar-refractivity contribution in [2.24, 2.45) is 0 Å². The third-order valence-corrected chi connectivity index (χ3v) is 5.03. The Morgan fingerprint density at radius 3 is 2.71 bits per heavy atom. The molecular weight excluding hydrogens is 364 g/mol. The summed E-state index contributed by atoms with van der Waals surface area (Å²) in [5, 5.41) is 3.63. The molecule has 1 aliphatic rings. The molecule has 0 amide bonds. The molecule has 1 saturated heterocycles. The van der Waals surface area contributed by atoms with Crippen molar-refractivity contribution in [1.82, 2.24) is 10.2 Å². The molecule has 0 aromatic heterocycles. The van der Waals surface area contributed by atoms with E-state index in [1.54, 1.807) is 0 Å². The molecule has 2 aromatic carbocycles. The summed E-state index contributed by atoms with van der Waals surface area (Å²) in [6.45, 7) is 6.39. The first-order valence-electron chi connectivity index (χ1n) is 8.61. The molecule has 0 radical (unpaired) electrons. The Labute approximate surface area is 153 Å². The fraction of sp³-hybridized carbons (Fsp3) is 0.400. The number of hydrogen-bond donors (Lipinski definition) is 1. The summed E-state index contributed by atoms with van der Waals surface area (Å²) in [7, 11) is 0. The van der Waals surface area contributed by atoms with Gasteiger partial charge in [0.1, 0.15) is 5.75 Å². The molecule has 2 atom stereocenters. The monoisotopic (exact) mass is 388 g/mol. The van der Waals surface area contributed by atoms with Crippen LogP contribution in [0.15, 0.2) is 59.1 Å². The Balaban J connectivity index is 1.50. The molecule has 0 unspecified atom stereocenters. The maximum Gasteiger partial charge on any atom is 0.133 e. The highest BCUT2D eigenvalue weighted by Gasteiger charge is 2.22. The molecule has 4 heteroatoms. The van der Waals surface area contributed by atoms with E-state index in [1.807, 2.05) is 24.3 Å². The van der Waals surface area contributed by atoms with E-state index in [9.17, 15) is 0 Å². The van der Waals surface area contributed by atoms with Gasteiger partial charge in [-0.15, -0.1) is 0 Å². The SMILES string of the molecule is C[C@H](C[C@H]1CN(Cc2ccccc2)CCN1)Oc1ccccc1Br. The molecule has 0 aliphatic carbocycles. The molecule has 0 spiro atoms. The van der Waals surface area contributed by atoms with Crippen LogP contribution in [0.2, 0.25) is 0 Å². The third kappa shape index (κ3) is 5.07. The number of hydrogen-bond acceptors (Lipinski definition) is 3. The van der Waals surface area contributed by atoms with Gasteiger partial charge in [0.05, 0.1) is 10.6 Å². The maximum absolute atomic E-state index is 6.10. The predicted octanol–water partition coefficient (Wildman–Crippen LogP) is 4.08. The normalized spacial score (nSPS) is 19.8. The smallest absolute Gasteiger partial charge is 0.133 e. The van der Waals surface area contributed by atoms with Crippen LogP contribution in [0.25, 0.3) is 0 Å². The van der Waals surface area contributed by atoms with Crippen LogP contribution in [-0.2, 0) is 6.54 Å². The second kappa shape index (κ2) is 8.65. The minimum atomic E-state index is 0.179. The molecule has 3 nitrogen and oxygen atoms in total. The van der Waals surface area contributed by atoms with Crippen molar-refractivity contribution < 1.29 is 4.74 Å². The fourth-order valence-electron chi connectivity index (χ4n) is 3.24. The minimum absolute atomic E-state index is 0.179. The number of benzene rings is 2. The second-order valence-electron chi connectivity index (χ2n) is 6.47. The number of rotatable bonds is 6. The van der Waals surface area contributed by atoms with Gasteiger partial charge in [-0.3, -0.25) is 4.90 Å². The van der Waals surface area contributed by atoms with Crippen LogP contribution in [0, 0.1) is 0 Å². The van der Waals surface area contributed by atoms with Crippen molar-refractivity contribution in [3.05, 3.63) is 64.6 Å². The van der Waals surface area contributed by atoms with Gasteiger partial charge in [-0.25, -0.2) is 0 Å². The Morgan fingerprint density at radius 1 is 1.17 bits per heavy atom. The van der Waals surface area contributed by atoms with Gasteiger partial charge >= 0.3 is 0 Å². The molecular formula is C20H25BrN2O. The van der Waals surface area contributed by atoms with E-state index in [2.05, 4.69) is 63.4 Å². The van der Waals surface area contributed by atoms with E-state index in [4.69, 9.17) is 4.74 Å². The lowest BCUT2D eigenvalue weighted by atomic mass is 10.1. The zero-order chi connectivity index (χ0) is 16.8. The Kier molecular flexibility index (Phi) is 6.30. The molecule has 0 saturated carbocycles. The summed E-state index contributed by atoms with van der Waals surface area (Å²) < 4.78 is 7.11. The summed E-state index contributed by atoms with van der Waals surface area (Å²) >= 11 is 3.55. The number of ether oxygens (including phenoxy) is 1. The predicted molar refractivity (Wildman–Crippen MR) is 102 cm³/mol. The van der Waals surface area contributed by atoms with Crippen LogP contribution in [0.1, 0.15) is 18.9 Å². The Morgan fingerprint density at radius 2 is 1.92 bits per heavy atom. The van der Waals surface area contributed by atoms with Crippen molar-refractivity contribution in [3.8, 4) is 5.75 Å². The number of para-hydroxylation sites is 1. The highest BCUT2D eigenvalue weighted by atomic mass is 79.9. The van der Waals surface area contributed by atoms with Crippen LogP contribution in [0.3, 0.4) is 0 Å². The van der Waals surface area contributed by atoms with Crippen molar-refractivity contribution in [3.63, 3.8) is 0 Å². The molecule has 3 rings (SSSR count). The lowest BCUT2D eigenvalue weighted by molar-refractivity contribution is 0.141. The van der Waals surface area contributed by atoms with Gasteiger partial charge in [-0.2, -0.15) is 0 Å². The van der Waals surface area contributed by atoms with Gasteiger partial charge in [0.15, 0.2) is 0 Å².